The van der Waals surface area contributed by atoms with Gasteiger partial charge in [0.1, 0.15) is 12.3 Å². The van der Waals surface area contributed by atoms with Gasteiger partial charge in [0.25, 0.3) is 5.91 Å². The van der Waals surface area contributed by atoms with Crippen molar-refractivity contribution >= 4 is 34.8 Å². The molecule has 0 atom stereocenters. The first-order valence-corrected chi connectivity index (χ1v) is 12.1. The molecule has 5 rings (SSSR count). The topological polar surface area (TPSA) is 54.9 Å². The van der Waals surface area contributed by atoms with E-state index in [0.717, 1.165) is 30.9 Å². The van der Waals surface area contributed by atoms with Gasteiger partial charge in [0.05, 0.1) is 29.4 Å². The first-order chi connectivity index (χ1) is 16.5. The molecule has 1 amide bonds. The number of anilines is 1. The Kier molecular flexibility index (Phi) is 6.63. The number of amides is 1. The Morgan fingerprint density at radius 3 is 2.65 bits per heavy atom. The van der Waals surface area contributed by atoms with Crippen molar-refractivity contribution in [3.8, 4) is 22.8 Å². The number of methoxy groups -OCH3 is 1. The van der Waals surface area contributed by atoms with Crippen LogP contribution >= 0.6 is 23.2 Å². The summed E-state index contributed by atoms with van der Waals surface area (Å²) in [5.74, 6) is 1.10. The molecule has 8 heteroatoms. The molecule has 1 fully saturated rings. The Morgan fingerprint density at radius 2 is 1.85 bits per heavy atom. The van der Waals surface area contributed by atoms with E-state index in [4.69, 9.17) is 32.7 Å². The molecule has 3 heterocycles. The van der Waals surface area contributed by atoms with Crippen LogP contribution < -0.4 is 14.4 Å². The first-order valence-electron chi connectivity index (χ1n) is 11.3. The number of aromatic nitrogens is 1. The number of hydrogen-bond donors (Lipinski definition) is 0. The third-order valence-electron chi connectivity index (χ3n) is 6.31. The fourth-order valence-corrected chi connectivity index (χ4v) is 4.86. The number of halogens is 2. The van der Waals surface area contributed by atoms with E-state index >= 15 is 0 Å². The minimum atomic E-state index is -0.167. The van der Waals surface area contributed by atoms with Crippen LogP contribution in [-0.2, 0) is 6.54 Å². The van der Waals surface area contributed by atoms with E-state index in [-0.39, 0.29) is 5.91 Å². The molecular weight excluding hydrogens is 473 g/mol. The lowest BCUT2D eigenvalue weighted by Crippen LogP contribution is -2.25. The van der Waals surface area contributed by atoms with Gasteiger partial charge >= 0.3 is 0 Å². The van der Waals surface area contributed by atoms with Gasteiger partial charge in [-0.25, -0.2) is 4.98 Å². The molecular formula is C26H25Cl2N3O3. The lowest BCUT2D eigenvalue weighted by atomic mass is 10.1. The number of nitrogens with zero attached hydrogens (tertiary/aromatic N) is 3. The molecule has 0 N–H and O–H groups in total. The maximum Gasteiger partial charge on any atom is 0.277 e. The molecule has 0 unspecified atom stereocenters. The van der Waals surface area contributed by atoms with E-state index in [1.165, 1.54) is 12.8 Å². The molecule has 176 valence electrons. The van der Waals surface area contributed by atoms with Crippen molar-refractivity contribution in [3.63, 3.8) is 0 Å². The van der Waals surface area contributed by atoms with Crippen molar-refractivity contribution < 1.29 is 14.3 Å². The Morgan fingerprint density at radius 1 is 1.03 bits per heavy atom. The predicted molar refractivity (Wildman–Crippen MR) is 134 cm³/mol. The Balaban J connectivity index is 1.34. The molecule has 0 bridgehead atoms. The van der Waals surface area contributed by atoms with Gasteiger partial charge in [0, 0.05) is 29.4 Å². The number of benzene rings is 2. The number of likely N-dealkylation sites (tertiary alicyclic amines) is 1. The van der Waals surface area contributed by atoms with Gasteiger partial charge in [-0.15, -0.1) is 0 Å². The number of ether oxygens (including phenoxy) is 2. The molecule has 2 aliphatic heterocycles. The van der Waals surface area contributed by atoms with Gasteiger partial charge in [-0.05, 0) is 50.2 Å². The van der Waals surface area contributed by atoms with Crippen LogP contribution in [0.3, 0.4) is 0 Å². The molecule has 3 aromatic rings. The van der Waals surface area contributed by atoms with E-state index in [1.54, 1.807) is 18.1 Å². The lowest BCUT2D eigenvalue weighted by Gasteiger charge is -2.19. The highest BCUT2D eigenvalue weighted by molar-refractivity contribution is 6.43. The molecule has 2 aliphatic rings. The maximum absolute atomic E-state index is 13.3. The van der Waals surface area contributed by atoms with Crippen LogP contribution in [0.25, 0.3) is 11.3 Å². The van der Waals surface area contributed by atoms with Gasteiger partial charge in [-0.1, -0.05) is 41.4 Å². The minimum absolute atomic E-state index is 0.167. The van der Waals surface area contributed by atoms with E-state index < -0.39 is 0 Å². The van der Waals surface area contributed by atoms with E-state index in [0.29, 0.717) is 51.6 Å². The summed E-state index contributed by atoms with van der Waals surface area (Å²) in [6.45, 7) is 4.20. The molecule has 34 heavy (non-hydrogen) atoms. The average molecular weight is 498 g/mol. The molecule has 0 spiro atoms. The number of rotatable bonds is 7. The molecule has 0 saturated carbocycles. The molecule has 1 aromatic heterocycles. The van der Waals surface area contributed by atoms with Gasteiger partial charge in [0.2, 0.25) is 0 Å². The third kappa shape index (κ3) is 4.45. The van der Waals surface area contributed by atoms with E-state index in [2.05, 4.69) is 9.88 Å². The van der Waals surface area contributed by atoms with Crippen LogP contribution in [0, 0.1) is 0 Å². The van der Waals surface area contributed by atoms with Gasteiger partial charge in [0.15, 0.2) is 11.5 Å². The normalized spacial score (nSPS) is 15.6. The molecule has 0 radical (unpaired) electrons. The molecule has 6 nitrogen and oxygen atoms in total. The van der Waals surface area contributed by atoms with E-state index in [9.17, 15) is 4.79 Å². The molecule has 1 saturated heterocycles. The highest BCUT2D eigenvalue weighted by Crippen LogP contribution is 2.37. The fraction of sp³-hybridized carbons (Fsp3) is 0.308. The summed E-state index contributed by atoms with van der Waals surface area (Å²) in [5, 5.41) is 0.869. The molecule has 0 aliphatic carbocycles. The monoisotopic (exact) mass is 497 g/mol. The Hall–Kier alpha value is -2.80. The summed E-state index contributed by atoms with van der Waals surface area (Å²) < 4.78 is 11.5. The number of carbonyl (C=O) groups excluding carboxylic acids is 1. The van der Waals surface area contributed by atoms with Crippen molar-refractivity contribution in [2.75, 3.05) is 38.3 Å². The zero-order valence-electron chi connectivity index (χ0n) is 18.9. The summed E-state index contributed by atoms with van der Waals surface area (Å²) in [7, 11) is 1.61. The quantitative estimate of drug-likeness (QED) is 0.419. The van der Waals surface area contributed by atoms with Crippen LogP contribution in [-0.4, -0.2) is 49.1 Å². The van der Waals surface area contributed by atoms with Crippen molar-refractivity contribution in [2.24, 2.45) is 0 Å². The van der Waals surface area contributed by atoms with Crippen molar-refractivity contribution in [2.45, 2.75) is 19.4 Å². The van der Waals surface area contributed by atoms with Gasteiger partial charge in [-0.3, -0.25) is 9.69 Å². The molecule has 2 aromatic carbocycles. The number of fused-ring (bicyclic) bond motifs is 1. The zero-order valence-corrected chi connectivity index (χ0v) is 20.4. The SMILES string of the molecule is COc1cc(N2Cc3ccc(-c4cccc(Cl)c4Cl)nc3C2=O)ccc1OCCN1CCCC1. The largest absolute Gasteiger partial charge is 0.493 e. The smallest absolute Gasteiger partial charge is 0.277 e. The lowest BCUT2D eigenvalue weighted by molar-refractivity contribution is 0.0992. The highest BCUT2D eigenvalue weighted by Gasteiger charge is 2.31. The van der Waals surface area contributed by atoms with Gasteiger partial charge < -0.3 is 14.4 Å². The second-order valence-corrected chi connectivity index (χ2v) is 9.21. The predicted octanol–water partition coefficient (Wildman–Crippen LogP) is 5.70. The Labute approximate surface area is 209 Å². The average Bonchev–Trinajstić information content (AvgIpc) is 3.49. The summed E-state index contributed by atoms with van der Waals surface area (Å²) in [4.78, 5) is 22.0. The van der Waals surface area contributed by atoms with Crippen LogP contribution in [0.2, 0.25) is 10.0 Å². The van der Waals surface area contributed by atoms with Crippen molar-refractivity contribution in [3.05, 3.63) is 69.8 Å². The second-order valence-electron chi connectivity index (χ2n) is 8.43. The zero-order chi connectivity index (χ0) is 23.7. The maximum atomic E-state index is 13.3. The van der Waals surface area contributed by atoms with Crippen LogP contribution in [0.4, 0.5) is 5.69 Å². The summed E-state index contributed by atoms with van der Waals surface area (Å²) in [5.41, 5.74) is 3.31. The number of hydrogen-bond acceptors (Lipinski definition) is 5. The summed E-state index contributed by atoms with van der Waals surface area (Å²) in [6.07, 6.45) is 2.51. The number of pyridine rings is 1. The van der Waals surface area contributed by atoms with Gasteiger partial charge in [-0.2, -0.15) is 0 Å². The van der Waals surface area contributed by atoms with Crippen LogP contribution in [0.5, 0.6) is 11.5 Å². The standard InChI is InChI=1S/C26H25Cl2N3O3/c1-33-23-15-18(8-10-22(23)34-14-13-30-11-2-3-12-30)31-16-17-7-9-21(29-25(17)26(31)32)19-5-4-6-20(27)24(19)28/h4-10,15H,2-3,11-14,16H2,1H3. The van der Waals surface area contributed by atoms with Crippen LogP contribution in [0.15, 0.2) is 48.5 Å². The second kappa shape index (κ2) is 9.82. The summed E-state index contributed by atoms with van der Waals surface area (Å²) in [6, 6.07) is 14.7. The fourth-order valence-electron chi connectivity index (χ4n) is 4.47. The van der Waals surface area contributed by atoms with E-state index in [1.807, 2.05) is 42.5 Å². The van der Waals surface area contributed by atoms with Crippen molar-refractivity contribution in [1.29, 1.82) is 0 Å². The first kappa shape index (κ1) is 23.0. The highest BCUT2D eigenvalue weighted by atomic mass is 35.5. The van der Waals surface area contributed by atoms with Crippen molar-refractivity contribution in [1.82, 2.24) is 9.88 Å². The van der Waals surface area contributed by atoms with Crippen LogP contribution in [0.1, 0.15) is 28.9 Å². The number of carbonyl (C=O) groups is 1. The minimum Gasteiger partial charge on any atom is -0.493 e. The summed E-state index contributed by atoms with van der Waals surface area (Å²) >= 11 is 12.5. The Bertz CT molecular complexity index is 1230. The third-order valence-corrected chi connectivity index (χ3v) is 7.12.